The van der Waals surface area contributed by atoms with Crippen molar-refractivity contribution in [3.63, 3.8) is 0 Å². The minimum atomic E-state index is 0.280. The molecule has 2 N–H and O–H groups in total. The highest BCUT2D eigenvalue weighted by Crippen LogP contribution is 2.31. The third-order valence-corrected chi connectivity index (χ3v) is 4.88. The lowest BCUT2D eigenvalue weighted by Gasteiger charge is -2.02. The number of nitrogens with zero attached hydrogens (tertiary/aromatic N) is 4. The van der Waals surface area contributed by atoms with Crippen molar-refractivity contribution < 1.29 is 4.74 Å². The molecule has 0 aliphatic carbocycles. The quantitative estimate of drug-likeness (QED) is 0.706. The van der Waals surface area contributed by atoms with E-state index in [-0.39, 0.29) is 5.92 Å². The van der Waals surface area contributed by atoms with Crippen LogP contribution in [-0.2, 0) is 4.74 Å². The van der Waals surface area contributed by atoms with Crippen LogP contribution in [0, 0.1) is 0 Å². The Morgan fingerprint density at radius 1 is 1.33 bits per heavy atom. The second kappa shape index (κ2) is 5.04. The largest absolute Gasteiger partial charge is 0.399 e. The number of hydrogen-bond acceptors (Lipinski definition) is 6. The molecule has 1 aliphatic rings. The van der Waals surface area contributed by atoms with Crippen molar-refractivity contribution in [2.45, 2.75) is 12.3 Å². The lowest BCUT2D eigenvalue weighted by Crippen LogP contribution is -2.04. The van der Waals surface area contributed by atoms with Gasteiger partial charge in [0.05, 0.1) is 6.61 Å². The summed E-state index contributed by atoms with van der Waals surface area (Å²) < 4.78 is 8.19. The van der Waals surface area contributed by atoms with Crippen molar-refractivity contribution in [3.05, 3.63) is 28.5 Å². The lowest BCUT2D eigenvalue weighted by molar-refractivity contribution is 0.193. The second-order valence-corrected chi connectivity index (χ2v) is 6.87. The smallest absolute Gasteiger partial charge is 0.234 e. The zero-order valence-corrected chi connectivity index (χ0v) is 13.4. The maximum atomic E-state index is 5.89. The summed E-state index contributed by atoms with van der Waals surface area (Å²) in [6.07, 6.45) is 0.970. The van der Waals surface area contributed by atoms with Gasteiger partial charge in [-0.1, -0.05) is 27.3 Å². The maximum absolute atomic E-state index is 5.89. The van der Waals surface area contributed by atoms with E-state index in [1.807, 2.05) is 22.7 Å². The van der Waals surface area contributed by atoms with Crippen molar-refractivity contribution in [2.24, 2.45) is 0 Å². The van der Waals surface area contributed by atoms with Gasteiger partial charge in [-0.2, -0.15) is 9.61 Å². The molecular weight excluding hydrogens is 354 g/mol. The van der Waals surface area contributed by atoms with Crippen molar-refractivity contribution in [1.82, 2.24) is 19.8 Å². The molecule has 4 rings (SSSR count). The fourth-order valence-electron chi connectivity index (χ4n) is 2.48. The summed E-state index contributed by atoms with van der Waals surface area (Å²) in [6.45, 7) is 1.47. The number of aromatic nitrogens is 4. The van der Waals surface area contributed by atoms with E-state index >= 15 is 0 Å². The molecule has 2 aromatic heterocycles. The molecule has 8 heteroatoms. The Morgan fingerprint density at radius 3 is 3.00 bits per heavy atom. The normalized spacial score (nSPS) is 18.6. The molecule has 1 fully saturated rings. The Labute approximate surface area is 133 Å². The van der Waals surface area contributed by atoms with Gasteiger partial charge in [0, 0.05) is 28.2 Å². The second-order valence-electron chi connectivity index (χ2n) is 4.99. The van der Waals surface area contributed by atoms with Crippen LogP contribution in [0.5, 0.6) is 0 Å². The van der Waals surface area contributed by atoms with Gasteiger partial charge < -0.3 is 10.5 Å². The van der Waals surface area contributed by atoms with Crippen LogP contribution in [0.2, 0.25) is 0 Å². The Balaban J connectivity index is 1.80. The van der Waals surface area contributed by atoms with E-state index in [4.69, 9.17) is 10.5 Å². The molecule has 0 amide bonds. The number of hydrogen-bond donors (Lipinski definition) is 1. The number of anilines is 1. The summed E-state index contributed by atoms with van der Waals surface area (Å²) in [5.74, 6) is 1.16. The van der Waals surface area contributed by atoms with E-state index in [2.05, 4.69) is 31.2 Å². The molecule has 0 radical (unpaired) electrons. The van der Waals surface area contributed by atoms with Crippen LogP contribution in [0.15, 0.2) is 22.7 Å². The standard InChI is InChI=1S/C13H12BrN5OS/c14-9-3-8(4-10(15)5-9)12-18-19-11(7-1-2-20-6-7)16-17-13(19)21-12/h3-5,7H,1-2,6,15H2. The summed E-state index contributed by atoms with van der Waals surface area (Å²) in [5.41, 5.74) is 7.57. The van der Waals surface area contributed by atoms with Gasteiger partial charge in [0.1, 0.15) is 5.01 Å². The molecule has 21 heavy (non-hydrogen) atoms. The zero-order chi connectivity index (χ0) is 14.4. The van der Waals surface area contributed by atoms with Gasteiger partial charge in [0.25, 0.3) is 0 Å². The lowest BCUT2D eigenvalue weighted by atomic mass is 10.1. The number of halogens is 1. The molecule has 1 aromatic carbocycles. The molecule has 3 heterocycles. The molecule has 3 aromatic rings. The van der Waals surface area contributed by atoms with Crippen LogP contribution in [0.3, 0.4) is 0 Å². The van der Waals surface area contributed by atoms with Gasteiger partial charge in [-0.3, -0.25) is 0 Å². The fourth-order valence-corrected chi connectivity index (χ4v) is 3.82. The third kappa shape index (κ3) is 2.33. The van der Waals surface area contributed by atoms with Crippen molar-refractivity contribution in [2.75, 3.05) is 18.9 Å². The number of benzene rings is 1. The van der Waals surface area contributed by atoms with Crippen LogP contribution in [0.25, 0.3) is 15.5 Å². The molecule has 0 bridgehead atoms. The van der Waals surface area contributed by atoms with Crippen LogP contribution in [0.4, 0.5) is 5.69 Å². The first kappa shape index (κ1) is 13.2. The van der Waals surface area contributed by atoms with Crippen LogP contribution in [-0.4, -0.2) is 33.0 Å². The predicted octanol–water partition coefficient (Wildman–Crippen LogP) is 2.70. The minimum Gasteiger partial charge on any atom is -0.399 e. The summed E-state index contributed by atoms with van der Waals surface area (Å²) in [7, 11) is 0. The number of fused-ring (bicyclic) bond motifs is 1. The van der Waals surface area contributed by atoms with E-state index in [1.165, 1.54) is 11.3 Å². The molecule has 1 atom stereocenters. The number of nitrogens with two attached hydrogens (primary N) is 1. The van der Waals surface area contributed by atoms with Crippen molar-refractivity contribution >= 4 is 37.9 Å². The Hall–Kier alpha value is -1.51. The molecule has 6 nitrogen and oxygen atoms in total. The van der Waals surface area contributed by atoms with Gasteiger partial charge in [-0.05, 0) is 24.6 Å². The average molecular weight is 366 g/mol. The Bertz CT molecular complexity index is 788. The predicted molar refractivity (Wildman–Crippen MR) is 84.4 cm³/mol. The zero-order valence-electron chi connectivity index (χ0n) is 11.0. The molecule has 1 saturated heterocycles. The van der Waals surface area contributed by atoms with Crippen molar-refractivity contribution in [3.8, 4) is 10.6 Å². The highest BCUT2D eigenvalue weighted by Gasteiger charge is 2.25. The summed E-state index contributed by atoms with van der Waals surface area (Å²) >= 11 is 4.97. The van der Waals surface area contributed by atoms with E-state index in [0.717, 1.165) is 38.9 Å². The first-order valence-electron chi connectivity index (χ1n) is 6.57. The fraction of sp³-hybridized carbons (Fsp3) is 0.308. The molecule has 1 unspecified atom stereocenters. The van der Waals surface area contributed by atoms with E-state index in [9.17, 15) is 0 Å². The molecule has 1 aliphatic heterocycles. The Kier molecular flexibility index (Phi) is 3.16. The monoisotopic (exact) mass is 365 g/mol. The van der Waals surface area contributed by atoms with Crippen LogP contribution in [0.1, 0.15) is 18.2 Å². The van der Waals surface area contributed by atoms with Crippen LogP contribution < -0.4 is 5.73 Å². The number of rotatable bonds is 2. The molecule has 0 spiro atoms. The molecule has 108 valence electrons. The van der Waals surface area contributed by atoms with Gasteiger partial charge >= 0.3 is 0 Å². The van der Waals surface area contributed by atoms with Gasteiger partial charge in [0.2, 0.25) is 4.96 Å². The van der Waals surface area contributed by atoms with E-state index < -0.39 is 0 Å². The Morgan fingerprint density at radius 2 is 2.24 bits per heavy atom. The average Bonchev–Trinajstić information content (AvgIpc) is 3.13. The van der Waals surface area contributed by atoms with E-state index in [1.54, 1.807) is 0 Å². The first-order chi connectivity index (χ1) is 10.2. The minimum absolute atomic E-state index is 0.280. The van der Waals surface area contributed by atoms with Crippen LogP contribution >= 0.6 is 27.3 Å². The topological polar surface area (TPSA) is 78.3 Å². The summed E-state index contributed by atoms with van der Waals surface area (Å²) in [6, 6.07) is 5.78. The SMILES string of the molecule is Nc1cc(Br)cc(-c2nn3c(C4CCOC4)nnc3s2)c1. The molecule has 0 saturated carbocycles. The molecular formula is C13H12BrN5OS. The van der Waals surface area contributed by atoms with Gasteiger partial charge in [-0.25, -0.2) is 0 Å². The number of nitrogen functional groups attached to an aromatic ring is 1. The third-order valence-electron chi connectivity index (χ3n) is 3.48. The van der Waals surface area contributed by atoms with Gasteiger partial charge in [-0.15, -0.1) is 10.2 Å². The highest BCUT2D eigenvalue weighted by atomic mass is 79.9. The van der Waals surface area contributed by atoms with E-state index in [0.29, 0.717) is 12.3 Å². The highest BCUT2D eigenvalue weighted by molar-refractivity contribution is 9.10. The van der Waals surface area contributed by atoms with Gasteiger partial charge in [0.15, 0.2) is 5.82 Å². The number of ether oxygens (including phenoxy) is 1. The first-order valence-corrected chi connectivity index (χ1v) is 8.18. The summed E-state index contributed by atoms with van der Waals surface area (Å²) in [4.78, 5) is 0.797. The maximum Gasteiger partial charge on any atom is 0.234 e. The summed E-state index contributed by atoms with van der Waals surface area (Å²) in [5, 5.41) is 14.0. The van der Waals surface area contributed by atoms with Crippen molar-refractivity contribution in [1.29, 1.82) is 0 Å².